The smallest absolute Gasteiger partial charge is 0.281 e. The molecule has 2 N–H and O–H groups in total. The minimum atomic E-state index is -0.410. The predicted octanol–water partition coefficient (Wildman–Crippen LogP) is 2.52. The molecule has 1 heterocycles. The molecule has 0 bridgehead atoms. The van der Waals surface area contributed by atoms with Crippen LogP contribution in [0.25, 0.3) is 0 Å². The van der Waals surface area contributed by atoms with E-state index in [9.17, 15) is 8.78 Å². The SMILES string of the molecule is CF.CN=C(N)OC[C@H](C)c1nc(Cl)ccc1F. The molecule has 18 heavy (non-hydrogen) atoms. The second-order valence-electron chi connectivity index (χ2n) is 3.27. The van der Waals surface area contributed by atoms with Gasteiger partial charge in [0.05, 0.1) is 19.5 Å². The van der Waals surface area contributed by atoms with Crippen LogP contribution in [0, 0.1) is 5.82 Å². The highest BCUT2D eigenvalue weighted by atomic mass is 35.5. The van der Waals surface area contributed by atoms with Gasteiger partial charge in [-0.3, -0.25) is 4.39 Å². The molecule has 0 aliphatic heterocycles. The van der Waals surface area contributed by atoms with Gasteiger partial charge in [0.15, 0.2) is 0 Å². The van der Waals surface area contributed by atoms with Crippen molar-refractivity contribution in [2.75, 3.05) is 20.8 Å². The fourth-order valence-electron chi connectivity index (χ4n) is 1.13. The molecule has 4 nitrogen and oxygen atoms in total. The summed E-state index contributed by atoms with van der Waals surface area (Å²) in [5.41, 5.74) is 5.62. The Hall–Kier alpha value is -1.43. The summed E-state index contributed by atoms with van der Waals surface area (Å²) < 4.78 is 28.0. The first-order valence-electron chi connectivity index (χ1n) is 5.09. The van der Waals surface area contributed by atoms with E-state index in [1.807, 2.05) is 0 Å². The lowest BCUT2D eigenvalue weighted by Gasteiger charge is -2.12. The minimum absolute atomic E-state index is 0.0642. The maximum Gasteiger partial charge on any atom is 0.281 e. The van der Waals surface area contributed by atoms with Crippen molar-refractivity contribution in [2.45, 2.75) is 12.8 Å². The molecule has 0 radical (unpaired) electrons. The fourth-order valence-corrected chi connectivity index (χ4v) is 1.29. The van der Waals surface area contributed by atoms with Gasteiger partial charge >= 0.3 is 0 Å². The molecular weight excluding hydrogens is 264 g/mol. The Balaban J connectivity index is 0.00000137. The number of alkyl halides is 1. The number of ether oxygens (including phenoxy) is 1. The van der Waals surface area contributed by atoms with Crippen molar-refractivity contribution in [3.63, 3.8) is 0 Å². The van der Waals surface area contributed by atoms with Gasteiger partial charge in [-0.2, -0.15) is 0 Å². The number of halogens is 3. The molecule has 0 saturated carbocycles. The van der Waals surface area contributed by atoms with Crippen LogP contribution in [0.15, 0.2) is 17.1 Å². The summed E-state index contributed by atoms with van der Waals surface area (Å²) in [6, 6.07) is 2.74. The summed E-state index contributed by atoms with van der Waals surface area (Å²) in [6.45, 7) is 1.97. The molecule has 0 spiro atoms. The van der Waals surface area contributed by atoms with E-state index < -0.39 is 5.82 Å². The monoisotopic (exact) mass is 279 g/mol. The molecule has 0 aliphatic rings. The van der Waals surface area contributed by atoms with E-state index in [0.29, 0.717) is 7.18 Å². The first-order chi connectivity index (χ1) is 8.54. The van der Waals surface area contributed by atoms with Crippen molar-refractivity contribution >= 4 is 17.6 Å². The Morgan fingerprint density at radius 2 is 2.17 bits per heavy atom. The fraction of sp³-hybridized carbons (Fsp3) is 0.455. The number of aromatic nitrogens is 1. The Morgan fingerprint density at radius 3 is 2.72 bits per heavy atom. The number of nitrogens with zero attached hydrogens (tertiary/aromatic N) is 2. The second kappa shape index (κ2) is 8.63. The number of aliphatic imine (C=N–C) groups is 1. The van der Waals surface area contributed by atoms with Crippen molar-refractivity contribution in [3.8, 4) is 0 Å². The molecule has 0 aliphatic carbocycles. The molecule has 102 valence electrons. The van der Waals surface area contributed by atoms with Gasteiger partial charge in [0.1, 0.15) is 11.0 Å². The molecule has 0 saturated heterocycles. The summed E-state index contributed by atoms with van der Waals surface area (Å²) in [5, 5.41) is 0.250. The van der Waals surface area contributed by atoms with E-state index in [1.54, 1.807) is 6.92 Å². The quantitative estimate of drug-likeness (QED) is 0.525. The first-order valence-corrected chi connectivity index (χ1v) is 5.47. The number of hydrogen-bond acceptors (Lipinski definition) is 3. The van der Waals surface area contributed by atoms with E-state index in [1.165, 1.54) is 19.2 Å². The molecule has 0 aromatic carbocycles. The summed E-state index contributed by atoms with van der Waals surface area (Å²) in [5.74, 6) is -0.661. The van der Waals surface area contributed by atoms with Gasteiger partial charge in [-0.05, 0) is 12.1 Å². The number of hydrogen-bond donors (Lipinski definition) is 1. The Morgan fingerprint density at radius 1 is 1.56 bits per heavy atom. The Bertz CT molecular complexity index is 402. The van der Waals surface area contributed by atoms with Crippen molar-refractivity contribution in [2.24, 2.45) is 10.7 Å². The van der Waals surface area contributed by atoms with Gasteiger partial charge in [0.25, 0.3) is 6.02 Å². The summed E-state index contributed by atoms with van der Waals surface area (Å²) in [4.78, 5) is 7.53. The molecule has 7 heteroatoms. The zero-order valence-electron chi connectivity index (χ0n) is 10.5. The molecule has 1 atom stereocenters. The van der Waals surface area contributed by atoms with E-state index in [0.717, 1.165) is 0 Å². The molecule has 0 unspecified atom stereocenters. The van der Waals surface area contributed by atoms with Crippen molar-refractivity contribution in [3.05, 3.63) is 28.8 Å². The average Bonchev–Trinajstić information content (AvgIpc) is 2.40. The van der Waals surface area contributed by atoms with Crippen LogP contribution >= 0.6 is 11.6 Å². The second-order valence-corrected chi connectivity index (χ2v) is 3.66. The molecular formula is C11H16ClF2N3O. The highest BCUT2D eigenvalue weighted by Crippen LogP contribution is 2.19. The standard InChI is InChI=1S/C10H13ClFN3O.CH3F/c1-6(5-16-10(13)14-2)9-7(12)3-4-8(11)15-9;1-2/h3-4,6H,5H2,1-2H3,(H2,13,14);1H3/t6-;/m0./s1. The van der Waals surface area contributed by atoms with Crippen LogP contribution in [0.3, 0.4) is 0 Å². The molecule has 1 aromatic rings. The third-order valence-electron chi connectivity index (χ3n) is 2.01. The van der Waals surface area contributed by atoms with E-state index in [-0.39, 0.29) is 29.4 Å². The van der Waals surface area contributed by atoms with Gasteiger partial charge in [-0.25, -0.2) is 14.4 Å². The maximum absolute atomic E-state index is 13.4. The van der Waals surface area contributed by atoms with Crippen molar-refractivity contribution in [1.29, 1.82) is 0 Å². The van der Waals surface area contributed by atoms with Crippen LogP contribution in [-0.4, -0.2) is 31.8 Å². The third-order valence-corrected chi connectivity index (χ3v) is 2.22. The maximum atomic E-state index is 13.4. The van der Waals surface area contributed by atoms with E-state index >= 15 is 0 Å². The van der Waals surface area contributed by atoms with Crippen LogP contribution in [0.5, 0.6) is 0 Å². The van der Waals surface area contributed by atoms with E-state index in [4.69, 9.17) is 22.1 Å². The van der Waals surface area contributed by atoms with Crippen molar-refractivity contribution < 1.29 is 13.5 Å². The van der Waals surface area contributed by atoms with Crippen molar-refractivity contribution in [1.82, 2.24) is 4.98 Å². The zero-order chi connectivity index (χ0) is 14.1. The van der Waals surface area contributed by atoms with Gasteiger partial charge in [-0.1, -0.05) is 18.5 Å². The van der Waals surface area contributed by atoms with Crippen LogP contribution in [0.4, 0.5) is 8.78 Å². The Kier molecular flexibility index (Phi) is 7.94. The Labute approximate surface area is 110 Å². The highest BCUT2D eigenvalue weighted by Gasteiger charge is 2.14. The lowest BCUT2D eigenvalue weighted by molar-refractivity contribution is 0.273. The number of pyridine rings is 1. The van der Waals surface area contributed by atoms with Crippen LogP contribution in [0.2, 0.25) is 5.15 Å². The minimum Gasteiger partial charge on any atom is -0.465 e. The lowest BCUT2D eigenvalue weighted by Crippen LogP contribution is -2.19. The normalized spacial score (nSPS) is 12.4. The summed E-state index contributed by atoms with van der Waals surface area (Å²) in [6.07, 6.45) is 0. The largest absolute Gasteiger partial charge is 0.465 e. The third kappa shape index (κ3) is 5.27. The highest BCUT2D eigenvalue weighted by molar-refractivity contribution is 6.29. The number of rotatable bonds is 3. The zero-order valence-corrected chi connectivity index (χ0v) is 11.2. The topological polar surface area (TPSA) is 60.5 Å². The molecule has 1 aromatic heterocycles. The number of amidine groups is 1. The first kappa shape index (κ1) is 16.6. The van der Waals surface area contributed by atoms with Gasteiger partial charge in [-0.15, -0.1) is 0 Å². The summed E-state index contributed by atoms with van der Waals surface area (Å²) >= 11 is 5.68. The van der Waals surface area contributed by atoms with Crippen LogP contribution in [-0.2, 0) is 4.74 Å². The molecule has 1 rings (SSSR count). The van der Waals surface area contributed by atoms with Gasteiger partial charge < -0.3 is 10.5 Å². The lowest BCUT2D eigenvalue weighted by atomic mass is 10.1. The predicted molar refractivity (Wildman–Crippen MR) is 68.2 cm³/mol. The molecule has 0 fully saturated rings. The molecule has 0 amide bonds. The summed E-state index contributed by atoms with van der Waals surface area (Å²) in [7, 11) is 2.01. The van der Waals surface area contributed by atoms with Gasteiger partial charge in [0, 0.05) is 13.0 Å². The average molecular weight is 280 g/mol. The number of nitrogens with two attached hydrogens (primary N) is 1. The van der Waals surface area contributed by atoms with Gasteiger partial charge in [0.2, 0.25) is 0 Å². The van der Waals surface area contributed by atoms with Crippen LogP contribution < -0.4 is 5.73 Å². The van der Waals surface area contributed by atoms with Crippen LogP contribution in [0.1, 0.15) is 18.5 Å². The van der Waals surface area contributed by atoms with E-state index in [2.05, 4.69) is 9.98 Å².